The van der Waals surface area contributed by atoms with Crippen molar-refractivity contribution < 1.29 is 19.2 Å². The minimum atomic E-state index is -0.518. The van der Waals surface area contributed by atoms with Crippen LogP contribution in [0.2, 0.25) is 0 Å². The lowest BCUT2D eigenvalue weighted by Gasteiger charge is -2.17. The van der Waals surface area contributed by atoms with E-state index in [9.17, 15) is 20.2 Å². The molecule has 0 aliphatic heterocycles. The molecule has 1 aromatic heterocycles. The molecule has 0 fully saturated rings. The summed E-state index contributed by atoms with van der Waals surface area (Å²) in [5, 5.41) is 24.0. The lowest BCUT2D eigenvalue weighted by atomic mass is 9.89. The van der Waals surface area contributed by atoms with Crippen molar-refractivity contribution in [2.45, 2.75) is 33.1 Å². The van der Waals surface area contributed by atoms with Crippen LogP contribution in [0.5, 0.6) is 11.5 Å². The Bertz CT molecular complexity index is 1420. The van der Waals surface area contributed by atoms with Gasteiger partial charge in [0.05, 0.1) is 23.3 Å². The van der Waals surface area contributed by atoms with Crippen molar-refractivity contribution in [2.75, 3.05) is 19.0 Å². The van der Waals surface area contributed by atoms with Crippen LogP contribution in [-0.4, -0.2) is 30.8 Å². The second kappa shape index (κ2) is 11.2. The highest BCUT2D eigenvalue weighted by molar-refractivity contribution is 7.16. The van der Waals surface area contributed by atoms with Gasteiger partial charge >= 0.3 is 0 Å². The van der Waals surface area contributed by atoms with E-state index in [0.29, 0.717) is 39.2 Å². The number of benzene rings is 2. The zero-order chi connectivity index (χ0) is 26.5. The Morgan fingerprint density at radius 1 is 1.32 bits per heavy atom. The van der Waals surface area contributed by atoms with Gasteiger partial charge < -0.3 is 14.8 Å². The summed E-state index contributed by atoms with van der Waals surface area (Å²) in [4.78, 5) is 28.8. The van der Waals surface area contributed by atoms with Gasteiger partial charge in [0.1, 0.15) is 11.1 Å². The molecule has 3 aromatic rings. The van der Waals surface area contributed by atoms with Gasteiger partial charge in [0.25, 0.3) is 11.6 Å². The Morgan fingerprint density at radius 3 is 2.86 bits per heavy atom. The molecule has 190 valence electrons. The minimum absolute atomic E-state index is 0.111. The molecule has 0 spiro atoms. The summed E-state index contributed by atoms with van der Waals surface area (Å²) < 4.78 is 11.1. The fourth-order valence-corrected chi connectivity index (χ4v) is 5.45. The maximum Gasteiger partial charge on any atom is 0.271 e. The third kappa shape index (κ3) is 5.95. The molecular formula is C27H26N4O5S. The van der Waals surface area contributed by atoms with Crippen molar-refractivity contribution >= 4 is 39.8 Å². The maximum atomic E-state index is 12.4. The van der Waals surface area contributed by atoms with E-state index in [-0.39, 0.29) is 12.3 Å². The first-order chi connectivity index (χ1) is 17.8. The van der Waals surface area contributed by atoms with Crippen LogP contribution in [-0.2, 0) is 17.6 Å². The summed E-state index contributed by atoms with van der Waals surface area (Å²) in [5.74, 6) is 0.937. The number of aryl methyl sites for hydroxylation is 1. The van der Waals surface area contributed by atoms with Crippen molar-refractivity contribution in [3.63, 3.8) is 0 Å². The zero-order valence-electron chi connectivity index (χ0n) is 20.7. The minimum Gasteiger partial charge on any atom is -0.493 e. The smallest absolute Gasteiger partial charge is 0.271 e. The van der Waals surface area contributed by atoms with Crippen LogP contribution in [0.25, 0.3) is 0 Å². The second-order valence-electron chi connectivity index (χ2n) is 8.91. The van der Waals surface area contributed by atoms with Gasteiger partial charge in [-0.25, -0.2) is 4.99 Å². The molecule has 1 unspecified atom stereocenters. The van der Waals surface area contributed by atoms with Crippen LogP contribution in [0.3, 0.4) is 0 Å². The molecule has 1 N–H and O–H groups in total. The van der Waals surface area contributed by atoms with Crippen LogP contribution in [0, 0.1) is 34.3 Å². The highest BCUT2D eigenvalue weighted by Crippen LogP contribution is 2.40. The number of thiophene rings is 1. The first-order valence-electron chi connectivity index (χ1n) is 11.7. The number of nitro groups is 1. The summed E-state index contributed by atoms with van der Waals surface area (Å²) in [6.45, 7) is 3.66. The molecule has 0 saturated carbocycles. The first kappa shape index (κ1) is 25.9. The van der Waals surface area contributed by atoms with Gasteiger partial charge in [0.15, 0.2) is 18.1 Å². The molecule has 1 heterocycles. The van der Waals surface area contributed by atoms with Crippen LogP contribution in [0.1, 0.15) is 40.5 Å². The normalized spacial score (nSPS) is 14.6. The number of anilines is 1. The number of aliphatic imine (C=N–C) groups is 1. The molecule has 1 amide bonds. The van der Waals surface area contributed by atoms with Gasteiger partial charge in [-0.2, -0.15) is 5.26 Å². The SMILES string of the molecule is COc1cc(C=Nc2sc3c(c2C#N)CCC(C)C3)ccc1OCC(=O)Nc1cc([N+](=O)[O-])ccc1C. The number of nitro benzene ring substituents is 1. The molecule has 0 bridgehead atoms. The molecule has 1 atom stereocenters. The number of nitrogens with zero attached hydrogens (tertiary/aromatic N) is 3. The van der Waals surface area contributed by atoms with Crippen LogP contribution >= 0.6 is 11.3 Å². The van der Waals surface area contributed by atoms with Crippen LogP contribution in [0.4, 0.5) is 16.4 Å². The van der Waals surface area contributed by atoms with Crippen molar-refractivity contribution in [3.8, 4) is 17.6 Å². The van der Waals surface area contributed by atoms with E-state index < -0.39 is 10.8 Å². The molecule has 0 radical (unpaired) electrons. The van der Waals surface area contributed by atoms with Gasteiger partial charge in [0.2, 0.25) is 0 Å². The Kier molecular flexibility index (Phi) is 7.84. The average Bonchev–Trinajstić information content (AvgIpc) is 3.23. The Labute approximate surface area is 218 Å². The van der Waals surface area contributed by atoms with Crippen LogP contribution < -0.4 is 14.8 Å². The molecule has 2 aromatic carbocycles. The summed E-state index contributed by atoms with van der Waals surface area (Å²) in [7, 11) is 1.50. The van der Waals surface area contributed by atoms with E-state index in [1.165, 1.54) is 24.1 Å². The largest absolute Gasteiger partial charge is 0.493 e. The highest BCUT2D eigenvalue weighted by Gasteiger charge is 2.23. The molecule has 10 heteroatoms. The first-order valence-corrected chi connectivity index (χ1v) is 12.5. The summed E-state index contributed by atoms with van der Waals surface area (Å²) >= 11 is 1.58. The van der Waals surface area contributed by atoms with Crippen molar-refractivity contribution in [3.05, 3.63) is 73.6 Å². The third-order valence-corrected chi connectivity index (χ3v) is 7.35. The summed E-state index contributed by atoms with van der Waals surface area (Å²) in [6, 6.07) is 11.8. The number of rotatable bonds is 8. The summed E-state index contributed by atoms with van der Waals surface area (Å²) in [5.41, 5.74) is 3.49. The van der Waals surface area contributed by atoms with Gasteiger partial charge in [-0.3, -0.25) is 14.9 Å². The summed E-state index contributed by atoms with van der Waals surface area (Å²) in [6.07, 6.45) is 4.67. The molecule has 4 rings (SSSR count). The molecule has 1 aliphatic rings. The lowest BCUT2D eigenvalue weighted by Crippen LogP contribution is -2.21. The number of nitriles is 1. The van der Waals surface area contributed by atoms with Gasteiger partial charge in [-0.15, -0.1) is 11.3 Å². The molecule has 9 nitrogen and oxygen atoms in total. The predicted octanol–water partition coefficient (Wildman–Crippen LogP) is 5.74. The monoisotopic (exact) mass is 518 g/mol. The number of hydrogen-bond donors (Lipinski definition) is 1. The quantitative estimate of drug-likeness (QED) is 0.230. The third-order valence-electron chi connectivity index (χ3n) is 6.19. The molecule has 0 saturated heterocycles. The number of nitrogens with one attached hydrogen (secondary N) is 1. The Balaban J connectivity index is 1.44. The standard InChI is InChI=1S/C27H26N4O5S/c1-16-4-8-20-21(13-28)27(37-25(20)10-16)29-14-18-6-9-23(24(11-18)35-3)36-15-26(32)30-22-12-19(31(33)34)7-5-17(22)2/h5-7,9,11-12,14,16H,4,8,10,15H2,1-3H3,(H,30,32). The van der Waals surface area contributed by atoms with Gasteiger partial charge in [-0.1, -0.05) is 13.0 Å². The number of ether oxygens (including phenoxy) is 2. The topological polar surface area (TPSA) is 127 Å². The number of amides is 1. The Hall–Kier alpha value is -4.23. The predicted molar refractivity (Wildman–Crippen MR) is 142 cm³/mol. The Morgan fingerprint density at radius 2 is 2.14 bits per heavy atom. The fourth-order valence-electron chi connectivity index (χ4n) is 4.15. The number of carbonyl (C=O) groups is 1. The van der Waals surface area contributed by atoms with E-state index in [0.717, 1.165) is 30.4 Å². The number of non-ortho nitro benzene ring substituents is 1. The lowest BCUT2D eigenvalue weighted by molar-refractivity contribution is -0.384. The van der Waals surface area contributed by atoms with Crippen LogP contribution in [0.15, 0.2) is 41.4 Å². The van der Waals surface area contributed by atoms with Crippen molar-refractivity contribution in [1.29, 1.82) is 5.26 Å². The fraction of sp³-hybridized carbons (Fsp3) is 0.296. The van der Waals surface area contributed by atoms with E-state index >= 15 is 0 Å². The number of hydrogen-bond acceptors (Lipinski definition) is 8. The van der Waals surface area contributed by atoms with Crippen molar-refractivity contribution in [2.24, 2.45) is 10.9 Å². The number of carbonyl (C=O) groups excluding carboxylic acids is 1. The van der Waals surface area contributed by atoms with Gasteiger partial charge in [0, 0.05) is 23.2 Å². The molecule has 1 aliphatic carbocycles. The average molecular weight is 519 g/mol. The van der Waals surface area contributed by atoms with E-state index in [1.807, 2.05) is 0 Å². The zero-order valence-corrected chi connectivity index (χ0v) is 21.6. The maximum absolute atomic E-state index is 12.4. The number of fused-ring (bicyclic) bond motifs is 1. The van der Waals surface area contributed by atoms with Crippen molar-refractivity contribution in [1.82, 2.24) is 0 Å². The van der Waals surface area contributed by atoms with E-state index in [1.54, 1.807) is 48.7 Å². The highest BCUT2D eigenvalue weighted by atomic mass is 32.1. The van der Waals surface area contributed by atoms with E-state index in [2.05, 4.69) is 23.3 Å². The molecule has 37 heavy (non-hydrogen) atoms. The number of methoxy groups -OCH3 is 1. The van der Waals surface area contributed by atoms with E-state index in [4.69, 9.17) is 9.47 Å². The second-order valence-corrected chi connectivity index (χ2v) is 9.99. The molecular weight excluding hydrogens is 492 g/mol. The van der Waals surface area contributed by atoms with Gasteiger partial charge in [-0.05, 0) is 67.0 Å².